The van der Waals surface area contributed by atoms with E-state index in [1.165, 1.54) is 6.07 Å². The van der Waals surface area contributed by atoms with Crippen molar-refractivity contribution in [3.63, 3.8) is 0 Å². The zero-order valence-corrected chi connectivity index (χ0v) is 16.2. The highest BCUT2D eigenvalue weighted by atomic mass is 19.4. The molecule has 0 spiro atoms. The lowest BCUT2D eigenvalue weighted by molar-refractivity contribution is -0.185. The highest BCUT2D eigenvalue weighted by molar-refractivity contribution is 5.48. The van der Waals surface area contributed by atoms with Gasteiger partial charge in [-0.05, 0) is 55.0 Å². The minimum atomic E-state index is -4.41. The van der Waals surface area contributed by atoms with Crippen LogP contribution in [0.2, 0.25) is 0 Å². The number of benzene rings is 2. The molecule has 1 fully saturated rings. The third-order valence-electron chi connectivity index (χ3n) is 5.33. The molecule has 1 saturated carbocycles. The zero-order chi connectivity index (χ0) is 21.8. The van der Waals surface area contributed by atoms with E-state index in [1.807, 2.05) is 0 Å². The molecule has 0 saturated heterocycles. The molecule has 2 unspecified atom stereocenters. The van der Waals surface area contributed by atoms with E-state index in [4.69, 9.17) is 4.74 Å². The topological polar surface area (TPSA) is 21.3 Å². The van der Waals surface area contributed by atoms with Gasteiger partial charge in [0.25, 0.3) is 0 Å². The van der Waals surface area contributed by atoms with Crippen LogP contribution >= 0.6 is 0 Å². The summed E-state index contributed by atoms with van der Waals surface area (Å²) >= 11 is 0. The fourth-order valence-electron chi connectivity index (χ4n) is 3.74. The molecular weight excluding hydrogens is 408 g/mol. The Balaban J connectivity index is 1.54. The maximum Gasteiger partial charge on any atom is 0.416 e. The van der Waals surface area contributed by atoms with Gasteiger partial charge in [0.1, 0.15) is 12.4 Å². The lowest BCUT2D eigenvalue weighted by Gasteiger charge is -2.30. The van der Waals surface area contributed by atoms with Crippen LogP contribution in [0.15, 0.2) is 48.5 Å². The third kappa shape index (κ3) is 6.31. The summed E-state index contributed by atoms with van der Waals surface area (Å²) in [5.41, 5.74) is 0.359. The Hall–Kier alpha value is -2.38. The molecule has 0 amide bonds. The summed E-state index contributed by atoms with van der Waals surface area (Å²) in [4.78, 5) is 0. The molecule has 2 aromatic rings. The number of anilines is 1. The first-order valence-corrected chi connectivity index (χ1v) is 9.81. The van der Waals surface area contributed by atoms with E-state index in [2.05, 4.69) is 5.32 Å². The molecule has 0 radical (unpaired) electrons. The lowest BCUT2D eigenvalue weighted by atomic mass is 9.81. The summed E-state index contributed by atoms with van der Waals surface area (Å²) in [6, 6.07) is 11.8. The number of halogens is 6. The summed E-state index contributed by atoms with van der Waals surface area (Å²) in [6.45, 7) is 0.410. The van der Waals surface area contributed by atoms with E-state index < -0.39 is 23.8 Å². The Bertz CT molecular complexity index is 833. The van der Waals surface area contributed by atoms with Crippen molar-refractivity contribution in [3.8, 4) is 5.75 Å². The molecule has 30 heavy (non-hydrogen) atoms. The van der Waals surface area contributed by atoms with Crippen molar-refractivity contribution < 1.29 is 31.1 Å². The van der Waals surface area contributed by atoms with Crippen LogP contribution in [0, 0.1) is 11.8 Å². The molecule has 2 atom stereocenters. The van der Waals surface area contributed by atoms with Gasteiger partial charge in [-0.25, -0.2) is 0 Å². The standard InChI is InChI=1S/C22H23F6NO/c23-21(24,25)17-6-1-4-15(10-17)13-29-19-8-3-9-20(12-19)30-14-16-5-2-7-18(11-16)22(26,27)28/h2-3,5,7-9,11-12,15,17,29H,1,4,6,10,13-14H2. The highest BCUT2D eigenvalue weighted by Gasteiger charge is 2.42. The minimum Gasteiger partial charge on any atom is -0.489 e. The minimum absolute atomic E-state index is 0.0245. The average molecular weight is 431 g/mol. The van der Waals surface area contributed by atoms with Crippen LogP contribution in [-0.2, 0) is 12.8 Å². The van der Waals surface area contributed by atoms with Crippen LogP contribution in [0.3, 0.4) is 0 Å². The van der Waals surface area contributed by atoms with E-state index in [1.54, 1.807) is 30.3 Å². The maximum atomic E-state index is 12.9. The van der Waals surface area contributed by atoms with Gasteiger partial charge >= 0.3 is 12.4 Å². The summed E-state index contributed by atoms with van der Waals surface area (Å²) < 4.78 is 82.8. The monoisotopic (exact) mass is 431 g/mol. The molecule has 0 bridgehead atoms. The van der Waals surface area contributed by atoms with Gasteiger partial charge in [0.15, 0.2) is 0 Å². The molecule has 3 rings (SSSR count). The predicted molar refractivity (Wildman–Crippen MR) is 102 cm³/mol. The average Bonchev–Trinajstić information content (AvgIpc) is 2.70. The van der Waals surface area contributed by atoms with E-state index in [0.717, 1.165) is 18.6 Å². The molecule has 2 aromatic carbocycles. The Morgan fingerprint density at radius 2 is 1.70 bits per heavy atom. The summed E-state index contributed by atoms with van der Waals surface area (Å²) in [5, 5.41) is 3.16. The van der Waals surface area contributed by atoms with Gasteiger partial charge in [-0.2, -0.15) is 26.3 Å². The quantitative estimate of drug-likeness (QED) is 0.494. The Morgan fingerprint density at radius 3 is 2.43 bits per heavy atom. The molecule has 1 aliphatic carbocycles. The third-order valence-corrected chi connectivity index (χ3v) is 5.33. The number of hydrogen-bond donors (Lipinski definition) is 1. The van der Waals surface area contributed by atoms with Gasteiger partial charge < -0.3 is 10.1 Å². The number of ether oxygens (including phenoxy) is 1. The Labute approximate surface area is 171 Å². The molecular formula is C22H23F6NO. The second-order valence-electron chi connectivity index (χ2n) is 7.67. The maximum absolute atomic E-state index is 12.9. The molecule has 0 aromatic heterocycles. The molecule has 0 heterocycles. The number of rotatable bonds is 6. The van der Waals surface area contributed by atoms with Crippen molar-refractivity contribution in [2.45, 2.75) is 44.6 Å². The first kappa shape index (κ1) is 22.3. The van der Waals surface area contributed by atoms with Gasteiger partial charge in [0.05, 0.1) is 11.5 Å². The zero-order valence-electron chi connectivity index (χ0n) is 16.2. The largest absolute Gasteiger partial charge is 0.489 e. The van der Waals surface area contributed by atoms with Gasteiger partial charge in [0, 0.05) is 18.3 Å². The summed E-state index contributed by atoms with van der Waals surface area (Å²) in [7, 11) is 0. The molecule has 0 aliphatic heterocycles. The van der Waals surface area contributed by atoms with Crippen molar-refractivity contribution in [3.05, 3.63) is 59.7 Å². The van der Waals surface area contributed by atoms with Crippen molar-refractivity contribution >= 4 is 5.69 Å². The van der Waals surface area contributed by atoms with Gasteiger partial charge in [-0.3, -0.25) is 0 Å². The normalized spacial score (nSPS) is 20.1. The first-order chi connectivity index (χ1) is 14.1. The van der Waals surface area contributed by atoms with Crippen molar-refractivity contribution in [1.29, 1.82) is 0 Å². The Morgan fingerprint density at radius 1 is 0.933 bits per heavy atom. The second-order valence-corrected chi connectivity index (χ2v) is 7.67. The fraction of sp³-hybridized carbons (Fsp3) is 0.455. The van der Waals surface area contributed by atoms with Crippen LogP contribution in [0.25, 0.3) is 0 Å². The van der Waals surface area contributed by atoms with Crippen molar-refractivity contribution in [2.75, 3.05) is 11.9 Å². The molecule has 8 heteroatoms. The van der Waals surface area contributed by atoms with E-state index in [-0.39, 0.29) is 25.4 Å². The van der Waals surface area contributed by atoms with Gasteiger partial charge in [-0.15, -0.1) is 0 Å². The molecule has 1 N–H and O–H groups in total. The molecule has 164 valence electrons. The van der Waals surface area contributed by atoms with E-state index in [9.17, 15) is 26.3 Å². The van der Waals surface area contributed by atoms with Crippen LogP contribution in [0.4, 0.5) is 32.0 Å². The fourth-order valence-corrected chi connectivity index (χ4v) is 3.74. The first-order valence-electron chi connectivity index (χ1n) is 9.81. The van der Waals surface area contributed by atoms with Crippen molar-refractivity contribution in [2.24, 2.45) is 11.8 Å². The molecule has 1 aliphatic rings. The SMILES string of the molecule is FC(F)(F)c1cccc(COc2cccc(NCC3CCCC(C(F)(F)F)C3)c2)c1. The number of alkyl halides is 6. The molecule has 2 nitrogen and oxygen atoms in total. The summed E-state index contributed by atoms with van der Waals surface area (Å²) in [6.07, 6.45) is -6.91. The van der Waals surface area contributed by atoms with Gasteiger partial charge in [-0.1, -0.05) is 24.6 Å². The van der Waals surface area contributed by atoms with Crippen LogP contribution in [-0.4, -0.2) is 12.7 Å². The number of nitrogens with one attached hydrogen (secondary N) is 1. The smallest absolute Gasteiger partial charge is 0.416 e. The van der Waals surface area contributed by atoms with Crippen LogP contribution in [0.5, 0.6) is 5.75 Å². The van der Waals surface area contributed by atoms with Crippen molar-refractivity contribution in [1.82, 2.24) is 0 Å². The summed E-state index contributed by atoms with van der Waals surface area (Å²) in [5.74, 6) is -0.825. The van der Waals surface area contributed by atoms with Gasteiger partial charge in [0.2, 0.25) is 0 Å². The van der Waals surface area contributed by atoms with Crippen LogP contribution in [0.1, 0.15) is 36.8 Å². The predicted octanol–water partition coefficient (Wildman–Crippen LogP) is 7.07. The second kappa shape index (κ2) is 9.18. The van der Waals surface area contributed by atoms with E-state index >= 15 is 0 Å². The lowest BCUT2D eigenvalue weighted by Crippen LogP contribution is -2.31. The van der Waals surface area contributed by atoms with E-state index in [0.29, 0.717) is 30.0 Å². The van der Waals surface area contributed by atoms with Crippen LogP contribution < -0.4 is 10.1 Å². The number of hydrogen-bond acceptors (Lipinski definition) is 2. The Kier molecular flexibility index (Phi) is 6.83. The highest BCUT2D eigenvalue weighted by Crippen LogP contribution is 2.40.